The first-order valence-corrected chi connectivity index (χ1v) is 8.47. The fraction of sp³-hybridized carbons (Fsp3) is 0.429. The summed E-state index contributed by atoms with van der Waals surface area (Å²) in [7, 11) is -1.93. The first-order chi connectivity index (χ1) is 10.5. The predicted octanol–water partition coefficient (Wildman–Crippen LogP) is 1.23. The third-order valence-corrected chi connectivity index (χ3v) is 5.75. The molecule has 1 aliphatic heterocycles. The Morgan fingerprint density at radius 3 is 2.64 bits per heavy atom. The number of aromatic nitrogens is 3. The van der Waals surface area contributed by atoms with Gasteiger partial charge < -0.3 is 4.74 Å². The highest BCUT2D eigenvalue weighted by Gasteiger charge is 2.34. The van der Waals surface area contributed by atoms with Gasteiger partial charge in [-0.1, -0.05) is 0 Å². The van der Waals surface area contributed by atoms with Gasteiger partial charge in [-0.15, -0.1) is 0 Å². The smallest absolute Gasteiger partial charge is 0.243 e. The highest BCUT2D eigenvalue weighted by atomic mass is 32.2. The fourth-order valence-electron chi connectivity index (χ4n) is 2.69. The van der Waals surface area contributed by atoms with Crippen molar-refractivity contribution in [1.29, 1.82) is 0 Å². The number of methoxy groups -OCH3 is 1. The molecule has 0 amide bonds. The fourth-order valence-corrected chi connectivity index (χ4v) is 4.27. The number of sulfonamides is 1. The van der Waals surface area contributed by atoms with Crippen LogP contribution in [0.15, 0.2) is 35.5 Å². The van der Waals surface area contributed by atoms with Crippen LogP contribution >= 0.6 is 0 Å². The van der Waals surface area contributed by atoms with E-state index in [0.717, 1.165) is 5.56 Å². The molecule has 1 saturated heterocycles. The number of ether oxygens (including phenoxy) is 1. The zero-order valence-corrected chi connectivity index (χ0v) is 13.3. The standard InChI is InChI=1S/C14H18N4O3S/c1-11-9-13(3-4-14(11)21-2)22(19,20)17-8-5-12(10-17)18-15-6-7-16-18/h3-4,6-7,9,12H,5,8,10H2,1-2H3. The van der Waals surface area contributed by atoms with Crippen molar-refractivity contribution in [2.24, 2.45) is 0 Å². The normalized spacial score (nSPS) is 19.5. The van der Waals surface area contributed by atoms with E-state index in [4.69, 9.17) is 4.74 Å². The SMILES string of the molecule is COc1ccc(S(=O)(=O)N2CCC(n3nccn3)C2)cc1C. The van der Waals surface area contributed by atoms with Crippen LogP contribution in [-0.2, 0) is 10.0 Å². The van der Waals surface area contributed by atoms with Gasteiger partial charge >= 0.3 is 0 Å². The third kappa shape index (κ3) is 2.59. The van der Waals surface area contributed by atoms with E-state index in [9.17, 15) is 8.42 Å². The highest BCUT2D eigenvalue weighted by molar-refractivity contribution is 7.89. The number of aryl methyl sites for hydroxylation is 1. The minimum atomic E-state index is -3.50. The summed E-state index contributed by atoms with van der Waals surface area (Å²) in [6, 6.07) is 4.91. The predicted molar refractivity (Wildman–Crippen MR) is 80.2 cm³/mol. The maximum absolute atomic E-state index is 12.7. The van der Waals surface area contributed by atoms with Gasteiger partial charge in [0.2, 0.25) is 10.0 Å². The van der Waals surface area contributed by atoms with Gasteiger partial charge in [-0.25, -0.2) is 8.42 Å². The lowest BCUT2D eigenvalue weighted by atomic mass is 10.2. The lowest BCUT2D eigenvalue weighted by molar-refractivity contribution is 0.402. The van der Waals surface area contributed by atoms with Crippen LogP contribution < -0.4 is 4.74 Å². The summed E-state index contributed by atoms with van der Waals surface area (Å²) in [4.78, 5) is 1.87. The third-order valence-electron chi connectivity index (χ3n) is 3.89. The zero-order valence-electron chi connectivity index (χ0n) is 12.5. The number of benzene rings is 1. The molecule has 0 radical (unpaired) electrons. The van der Waals surface area contributed by atoms with Crippen LogP contribution in [0, 0.1) is 6.92 Å². The molecule has 0 aliphatic carbocycles. The second-order valence-corrected chi connectivity index (χ2v) is 7.22. The van der Waals surface area contributed by atoms with Crippen molar-refractivity contribution in [3.63, 3.8) is 0 Å². The van der Waals surface area contributed by atoms with Gasteiger partial charge in [0.25, 0.3) is 0 Å². The molecule has 1 atom stereocenters. The van der Waals surface area contributed by atoms with Gasteiger partial charge in [0, 0.05) is 13.1 Å². The first-order valence-electron chi connectivity index (χ1n) is 7.03. The number of rotatable bonds is 4. The Morgan fingerprint density at radius 1 is 1.27 bits per heavy atom. The summed E-state index contributed by atoms with van der Waals surface area (Å²) < 4.78 is 32.1. The Kier molecular flexibility index (Phi) is 3.88. The Morgan fingerprint density at radius 2 is 2.00 bits per heavy atom. The molecule has 2 heterocycles. The average Bonchev–Trinajstić information content (AvgIpc) is 3.18. The number of hydrogen-bond acceptors (Lipinski definition) is 5. The average molecular weight is 322 g/mol. The molecule has 0 bridgehead atoms. The zero-order chi connectivity index (χ0) is 15.7. The monoisotopic (exact) mass is 322 g/mol. The van der Waals surface area contributed by atoms with Crippen LogP contribution in [0.2, 0.25) is 0 Å². The second kappa shape index (κ2) is 5.69. The van der Waals surface area contributed by atoms with E-state index < -0.39 is 10.0 Å². The van der Waals surface area contributed by atoms with E-state index in [1.54, 1.807) is 42.5 Å². The molecule has 7 nitrogen and oxygen atoms in total. The summed E-state index contributed by atoms with van der Waals surface area (Å²) in [6.45, 7) is 2.69. The Balaban J connectivity index is 1.83. The molecular weight excluding hydrogens is 304 g/mol. The number of hydrogen-bond donors (Lipinski definition) is 0. The van der Waals surface area contributed by atoms with E-state index in [1.807, 2.05) is 6.92 Å². The van der Waals surface area contributed by atoms with E-state index in [1.165, 1.54) is 4.31 Å². The summed E-state index contributed by atoms with van der Waals surface area (Å²) in [5, 5.41) is 8.18. The van der Waals surface area contributed by atoms with E-state index in [-0.39, 0.29) is 6.04 Å². The molecule has 2 aromatic rings. The van der Waals surface area contributed by atoms with E-state index >= 15 is 0 Å². The largest absolute Gasteiger partial charge is 0.496 e. The van der Waals surface area contributed by atoms with Crippen molar-refractivity contribution in [1.82, 2.24) is 19.3 Å². The van der Waals surface area contributed by atoms with E-state index in [2.05, 4.69) is 10.2 Å². The van der Waals surface area contributed by atoms with E-state index in [0.29, 0.717) is 30.2 Å². The van der Waals surface area contributed by atoms with Gasteiger partial charge in [0.1, 0.15) is 5.75 Å². The molecule has 1 unspecified atom stereocenters. The van der Waals surface area contributed by atoms with Gasteiger partial charge in [-0.05, 0) is 37.1 Å². The molecule has 0 spiro atoms. The van der Waals surface area contributed by atoms with Gasteiger partial charge in [-0.2, -0.15) is 19.3 Å². The van der Waals surface area contributed by atoms with Gasteiger partial charge in [-0.3, -0.25) is 0 Å². The minimum Gasteiger partial charge on any atom is -0.496 e. The van der Waals surface area contributed by atoms with Gasteiger partial charge in [0.15, 0.2) is 0 Å². The highest BCUT2D eigenvalue weighted by Crippen LogP contribution is 2.28. The Hall–Kier alpha value is -1.93. The van der Waals surface area contributed by atoms with Crippen LogP contribution in [0.5, 0.6) is 5.75 Å². The molecular formula is C14H18N4O3S. The lowest BCUT2D eigenvalue weighted by Crippen LogP contribution is -2.29. The van der Waals surface area contributed by atoms with Crippen molar-refractivity contribution in [3.8, 4) is 5.75 Å². The molecule has 0 saturated carbocycles. The minimum absolute atomic E-state index is 0.0101. The van der Waals surface area contributed by atoms with Crippen molar-refractivity contribution < 1.29 is 13.2 Å². The van der Waals surface area contributed by atoms with Crippen LogP contribution in [-0.4, -0.2) is 47.9 Å². The second-order valence-electron chi connectivity index (χ2n) is 5.29. The van der Waals surface area contributed by atoms with Crippen molar-refractivity contribution in [2.75, 3.05) is 20.2 Å². The van der Waals surface area contributed by atoms with Gasteiger partial charge in [0.05, 0.1) is 30.4 Å². The maximum Gasteiger partial charge on any atom is 0.243 e. The number of nitrogens with zero attached hydrogens (tertiary/aromatic N) is 4. The molecule has 1 aliphatic rings. The topological polar surface area (TPSA) is 77.3 Å². The molecule has 1 aromatic heterocycles. The quantitative estimate of drug-likeness (QED) is 0.846. The molecule has 22 heavy (non-hydrogen) atoms. The Bertz CT molecular complexity index is 758. The molecule has 3 rings (SSSR count). The van der Waals surface area contributed by atoms with Crippen LogP contribution in [0.25, 0.3) is 0 Å². The molecule has 0 N–H and O–H groups in total. The lowest BCUT2D eigenvalue weighted by Gasteiger charge is -2.17. The summed E-state index contributed by atoms with van der Waals surface area (Å²) in [6.07, 6.45) is 3.91. The summed E-state index contributed by atoms with van der Waals surface area (Å²) in [5.41, 5.74) is 0.799. The van der Waals surface area contributed by atoms with Crippen LogP contribution in [0.1, 0.15) is 18.0 Å². The first kappa shape index (κ1) is 15.0. The van der Waals surface area contributed by atoms with Crippen molar-refractivity contribution in [3.05, 3.63) is 36.2 Å². The molecule has 8 heteroatoms. The summed E-state index contributed by atoms with van der Waals surface area (Å²) >= 11 is 0. The molecule has 1 fully saturated rings. The summed E-state index contributed by atoms with van der Waals surface area (Å²) in [5.74, 6) is 0.680. The van der Waals surface area contributed by atoms with Crippen LogP contribution in [0.3, 0.4) is 0 Å². The van der Waals surface area contributed by atoms with Crippen molar-refractivity contribution in [2.45, 2.75) is 24.3 Å². The molecule has 118 valence electrons. The molecule has 1 aromatic carbocycles. The maximum atomic E-state index is 12.7. The van der Waals surface area contributed by atoms with Crippen LogP contribution in [0.4, 0.5) is 0 Å². The van der Waals surface area contributed by atoms with Crippen molar-refractivity contribution >= 4 is 10.0 Å². The Labute approximate surface area is 129 Å².